The molecule has 0 bridgehead atoms. The van der Waals surface area contributed by atoms with E-state index in [0.717, 1.165) is 18.2 Å². The zero-order valence-corrected chi connectivity index (χ0v) is 19.0. The van der Waals surface area contributed by atoms with Gasteiger partial charge in [0.1, 0.15) is 0 Å². The lowest BCUT2D eigenvalue weighted by Crippen LogP contribution is -2.43. The molecule has 0 saturated heterocycles. The number of nitrogens with zero attached hydrogens (tertiary/aromatic N) is 1. The molecular weight excluding hydrogens is 410 g/mol. The first-order valence-electron chi connectivity index (χ1n) is 11.0. The Hall–Kier alpha value is -3.22. The van der Waals surface area contributed by atoms with Crippen molar-refractivity contribution in [3.63, 3.8) is 0 Å². The van der Waals surface area contributed by atoms with Crippen LogP contribution in [-0.4, -0.2) is 35.4 Å². The fraction of sp³-hybridized carbons (Fsp3) is 0.440. The SMILES string of the molecule is CCCCOC(=O)C(C)(C)CC(CC)C(=O)ON1C(=O)c2cccc3cccc(c23)C1=O. The Morgan fingerprint density at radius 1 is 1.00 bits per heavy atom. The smallest absolute Gasteiger partial charge is 0.336 e. The van der Waals surface area contributed by atoms with Crippen molar-refractivity contribution >= 4 is 34.5 Å². The van der Waals surface area contributed by atoms with Crippen LogP contribution in [0.15, 0.2) is 36.4 Å². The van der Waals surface area contributed by atoms with Crippen molar-refractivity contribution in [2.75, 3.05) is 6.61 Å². The predicted molar refractivity (Wildman–Crippen MR) is 119 cm³/mol. The maximum absolute atomic E-state index is 13.0. The molecule has 170 valence electrons. The lowest BCUT2D eigenvalue weighted by atomic mass is 9.81. The van der Waals surface area contributed by atoms with Gasteiger partial charge in [-0.3, -0.25) is 14.4 Å². The third-order valence-corrected chi connectivity index (χ3v) is 5.78. The van der Waals surface area contributed by atoms with E-state index in [1.54, 1.807) is 45.0 Å². The number of amides is 2. The van der Waals surface area contributed by atoms with E-state index in [2.05, 4.69) is 0 Å². The number of ether oxygens (including phenoxy) is 1. The quantitative estimate of drug-likeness (QED) is 0.320. The van der Waals surface area contributed by atoms with Gasteiger partial charge in [0.25, 0.3) is 11.8 Å². The van der Waals surface area contributed by atoms with Crippen molar-refractivity contribution in [3.8, 4) is 0 Å². The van der Waals surface area contributed by atoms with Crippen molar-refractivity contribution in [3.05, 3.63) is 47.5 Å². The number of hydrogen-bond acceptors (Lipinski definition) is 6. The fourth-order valence-corrected chi connectivity index (χ4v) is 3.85. The molecule has 2 aromatic carbocycles. The van der Waals surface area contributed by atoms with Crippen LogP contribution >= 0.6 is 0 Å². The van der Waals surface area contributed by atoms with Gasteiger partial charge in [0.05, 0.1) is 29.1 Å². The number of rotatable bonds is 9. The third kappa shape index (κ3) is 4.52. The highest BCUT2D eigenvalue weighted by Gasteiger charge is 2.39. The molecule has 0 N–H and O–H groups in total. The Kier molecular flexibility index (Phi) is 6.96. The molecule has 0 spiro atoms. The number of benzene rings is 2. The number of hydrogen-bond donors (Lipinski definition) is 0. The minimum absolute atomic E-state index is 0.176. The zero-order chi connectivity index (χ0) is 23.5. The molecule has 1 aliphatic rings. The minimum Gasteiger partial charge on any atom is -0.465 e. The van der Waals surface area contributed by atoms with E-state index in [4.69, 9.17) is 9.57 Å². The van der Waals surface area contributed by atoms with Crippen molar-refractivity contribution in [1.29, 1.82) is 0 Å². The van der Waals surface area contributed by atoms with Gasteiger partial charge in [0.2, 0.25) is 0 Å². The molecule has 0 aliphatic carbocycles. The van der Waals surface area contributed by atoms with E-state index >= 15 is 0 Å². The van der Waals surface area contributed by atoms with Crippen LogP contribution in [-0.2, 0) is 19.2 Å². The van der Waals surface area contributed by atoms with E-state index in [0.29, 0.717) is 34.6 Å². The summed E-state index contributed by atoms with van der Waals surface area (Å²) >= 11 is 0. The number of esters is 1. The number of hydroxylamine groups is 2. The molecule has 2 amide bonds. The Labute approximate surface area is 187 Å². The summed E-state index contributed by atoms with van der Waals surface area (Å²) in [4.78, 5) is 56.6. The van der Waals surface area contributed by atoms with Crippen LogP contribution in [0.2, 0.25) is 0 Å². The summed E-state index contributed by atoms with van der Waals surface area (Å²) in [6.45, 7) is 7.56. The molecule has 7 nitrogen and oxygen atoms in total. The van der Waals surface area contributed by atoms with Crippen LogP contribution in [0.4, 0.5) is 0 Å². The van der Waals surface area contributed by atoms with Crippen LogP contribution in [0, 0.1) is 11.3 Å². The molecular formula is C25H29NO6. The number of imide groups is 1. The van der Waals surface area contributed by atoms with Gasteiger partial charge >= 0.3 is 11.9 Å². The topological polar surface area (TPSA) is 90.0 Å². The second-order valence-electron chi connectivity index (χ2n) is 8.71. The molecule has 0 saturated carbocycles. The van der Waals surface area contributed by atoms with Crippen molar-refractivity contribution in [2.24, 2.45) is 11.3 Å². The molecule has 0 aromatic heterocycles. The second kappa shape index (κ2) is 9.51. The van der Waals surface area contributed by atoms with Crippen LogP contribution < -0.4 is 0 Å². The summed E-state index contributed by atoms with van der Waals surface area (Å²) in [6.07, 6.45) is 2.24. The summed E-state index contributed by atoms with van der Waals surface area (Å²) < 4.78 is 5.32. The van der Waals surface area contributed by atoms with Crippen molar-refractivity contribution in [1.82, 2.24) is 5.06 Å². The van der Waals surface area contributed by atoms with Crippen molar-refractivity contribution < 1.29 is 28.8 Å². The number of carbonyl (C=O) groups excluding carboxylic acids is 4. The van der Waals surface area contributed by atoms with Gasteiger partial charge in [0, 0.05) is 5.39 Å². The van der Waals surface area contributed by atoms with Gasteiger partial charge in [-0.25, -0.2) is 4.79 Å². The summed E-state index contributed by atoms with van der Waals surface area (Å²) in [5, 5.41) is 1.86. The lowest BCUT2D eigenvalue weighted by Gasteiger charge is -2.29. The van der Waals surface area contributed by atoms with E-state index < -0.39 is 29.1 Å². The predicted octanol–water partition coefficient (Wildman–Crippen LogP) is 4.68. The van der Waals surface area contributed by atoms with Crippen LogP contribution in [0.3, 0.4) is 0 Å². The maximum Gasteiger partial charge on any atom is 0.336 e. The van der Waals surface area contributed by atoms with E-state index in [9.17, 15) is 19.2 Å². The Balaban J connectivity index is 1.76. The number of carbonyl (C=O) groups is 4. The van der Waals surface area contributed by atoms with Crippen LogP contribution in [0.1, 0.15) is 74.1 Å². The van der Waals surface area contributed by atoms with Crippen molar-refractivity contribution in [2.45, 2.75) is 53.4 Å². The van der Waals surface area contributed by atoms with E-state index in [1.165, 1.54) is 0 Å². The monoisotopic (exact) mass is 439 g/mol. The first-order valence-corrected chi connectivity index (χ1v) is 11.0. The van der Waals surface area contributed by atoms with Gasteiger partial charge in [-0.1, -0.05) is 49.6 Å². The highest BCUT2D eigenvalue weighted by atomic mass is 16.7. The molecule has 1 heterocycles. The second-order valence-corrected chi connectivity index (χ2v) is 8.71. The summed E-state index contributed by atoms with van der Waals surface area (Å²) in [6, 6.07) is 10.3. The average Bonchev–Trinajstić information content (AvgIpc) is 2.78. The van der Waals surface area contributed by atoms with Gasteiger partial charge in [-0.2, -0.15) is 0 Å². The Morgan fingerprint density at radius 3 is 2.12 bits per heavy atom. The van der Waals surface area contributed by atoms with Crippen LogP contribution in [0.25, 0.3) is 10.8 Å². The highest BCUT2D eigenvalue weighted by Crippen LogP contribution is 2.32. The largest absolute Gasteiger partial charge is 0.465 e. The van der Waals surface area contributed by atoms with Gasteiger partial charge in [-0.05, 0) is 50.6 Å². The summed E-state index contributed by atoms with van der Waals surface area (Å²) in [5.41, 5.74) is -0.307. The molecule has 1 unspecified atom stereocenters. The fourth-order valence-electron chi connectivity index (χ4n) is 3.85. The maximum atomic E-state index is 13.0. The molecule has 1 aliphatic heterocycles. The first kappa shape index (κ1) is 23.4. The normalized spacial score (nSPS) is 14.4. The molecule has 0 fully saturated rings. The first-order chi connectivity index (χ1) is 15.2. The third-order valence-electron chi connectivity index (χ3n) is 5.78. The van der Waals surface area contributed by atoms with Gasteiger partial charge in [-0.15, -0.1) is 0 Å². The molecule has 7 heteroatoms. The molecule has 32 heavy (non-hydrogen) atoms. The van der Waals surface area contributed by atoms with E-state index in [1.807, 2.05) is 19.1 Å². The standard InChI is InChI=1S/C25H29NO6/c1-5-7-14-31-24(30)25(3,4)15-16(6-2)23(29)32-26-21(27)18-12-8-10-17-11-9-13-19(20(17)18)22(26)28/h8-13,16H,5-7,14-15H2,1-4H3. The average molecular weight is 440 g/mol. The molecule has 2 aromatic rings. The molecule has 3 rings (SSSR count). The zero-order valence-electron chi connectivity index (χ0n) is 19.0. The Bertz CT molecular complexity index is 1010. The number of unbranched alkanes of at least 4 members (excludes halogenated alkanes) is 1. The Morgan fingerprint density at radius 2 is 1.59 bits per heavy atom. The van der Waals surface area contributed by atoms with E-state index in [-0.39, 0.29) is 12.4 Å². The summed E-state index contributed by atoms with van der Waals surface area (Å²) in [7, 11) is 0. The highest BCUT2D eigenvalue weighted by molar-refractivity contribution is 6.25. The molecule has 1 atom stereocenters. The van der Waals surface area contributed by atoms with Crippen LogP contribution in [0.5, 0.6) is 0 Å². The minimum atomic E-state index is -0.915. The van der Waals surface area contributed by atoms with Gasteiger partial charge < -0.3 is 9.57 Å². The lowest BCUT2D eigenvalue weighted by molar-refractivity contribution is -0.176. The van der Waals surface area contributed by atoms with Gasteiger partial charge in [0.15, 0.2) is 0 Å². The molecule has 0 radical (unpaired) electrons. The summed E-state index contributed by atoms with van der Waals surface area (Å²) in [5.74, 6) is -3.16.